The van der Waals surface area contributed by atoms with E-state index in [1.165, 1.54) is 4.31 Å². The molecule has 32 heavy (non-hydrogen) atoms. The molecule has 0 radical (unpaired) electrons. The lowest BCUT2D eigenvalue weighted by Gasteiger charge is -2.22. The number of nitrogens with one attached hydrogen (secondary N) is 1. The van der Waals surface area contributed by atoms with Crippen molar-refractivity contribution in [2.24, 2.45) is 0 Å². The fourth-order valence-corrected chi connectivity index (χ4v) is 4.64. The fraction of sp³-hybridized carbons (Fsp3) is 0.240. The van der Waals surface area contributed by atoms with E-state index in [0.717, 1.165) is 28.0 Å². The summed E-state index contributed by atoms with van der Waals surface area (Å²) in [6.45, 7) is 3.97. The number of benzene rings is 3. The Balaban J connectivity index is 1.78. The van der Waals surface area contributed by atoms with E-state index in [1.807, 2.05) is 62.4 Å². The highest BCUT2D eigenvalue weighted by atomic mass is 32.2. The summed E-state index contributed by atoms with van der Waals surface area (Å²) in [5.74, 6) is 0.359. The third kappa shape index (κ3) is 6.18. The Morgan fingerprint density at radius 1 is 0.906 bits per heavy atom. The van der Waals surface area contributed by atoms with Gasteiger partial charge in [-0.3, -0.25) is 4.79 Å². The van der Waals surface area contributed by atoms with E-state index in [2.05, 4.69) is 5.32 Å². The smallest absolute Gasteiger partial charge is 0.243 e. The Labute approximate surface area is 189 Å². The minimum atomic E-state index is -3.86. The molecule has 6 nitrogen and oxygen atoms in total. The van der Waals surface area contributed by atoms with Crippen molar-refractivity contribution >= 4 is 15.9 Å². The van der Waals surface area contributed by atoms with Gasteiger partial charge in [-0.25, -0.2) is 8.42 Å². The maximum absolute atomic E-state index is 13.3. The van der Waals surface area contributed by atoms with Gasteiger partial charge in [-0.05, 0) is 49.2 Å². The van der Waals surface area contributed by atoms with E-state index in [-0.39, 0.29) is 23.9 Å². The molecule has 1 N–H and O–H groups in total. The molecule has 7 heteroatoms. The van der Waals surface area contributed by atoms with E-state index in [9.17, 15) is 13.2 Å². The third-order valence-electron chi connectivity index (χ3n) is 5.07. The fourth-order valence-electron chi connectivity index (χ4n) is 3.26. The summed E-state index contributed by atoms with van der Waals surface area (Å²) in [6, 6.07) is 21.6. The molecule has 3 rings (SSSR count). The molecule has 0 unspecified atom stereocenters. The third-order valence-corrected chi connectivity index (χ3v) is 6.87. The Hall–Kier alpha value is -3.16. The highest BCUT2D eigenvalue weighted by Crippen LogP contribution is 2.19. The van der Waals surface area contributed by atoms with Crippen LogP contribution >= 0.6 is 0 Å². The van der Waals surface area contributed by atoms with Crippen molar-refractivity contribution in [3.05, 3.63) is 95.1 Å². The second-order valence-corrected chi connectivity index (χ2v) is 9.64. The van der Waals surface area contributed by atoms with E-state index < -0.39 is 10.0 Å². The van der Waals surface area contributed by atoms with Crippen LogP contribution in [-0.4, -0.2) is 32.3 Å². The topological polar surface area (TPSA) is 75.7 Å². The van der Waals surface area contributed by atoms with Gasteiger partial charge in [0.2, 0.25) is 15.9 Å². The lowest BCUT2D eigenvalue weighted by Crippen LogP contribution is -2.40. The minimum absolute atomic E-state index is 0.105. The highest BCUT2D eigenvalue weighted by Gasteiger charge is 2.27. The van der Waals surface area contributed by atoms with Gasteiger partial charge in [0.15, 0.2) is 0 Å². The van der Waals surface area contributed by atoms with Crippen molar-refractivity contribution in [1.82, 2.24) is 9.62 Å². The first-order valence-corrected chi connectivity index (χ1v) is 11.7. The van der Waals surface area contributed by atoms with Crippen LogP contribution in [0, 0.1) is 13.8 Å². The Bertz CT molecular complexity index is 1160. The number of methoxy groups -OCH3 is 1. The van der Waals surface area contributed by atoms with E-state index in [1.54, 1.807) is 31.4 Å². The largest absolute Gasteiger partial charge is 0.497 e. The summed E-state index contributed by atoms with van der Waals surface area (Å²) < 4.78 is 33.0. The number of aryl methyl sites for hydroxylation is 2. The van der Waals surface area contributed by atoms with Gasteiger partial charge < -0.3 is 10.1 Å². The van der Waals surface area contributed by atoms with E-state index in [4.69, 9.17) is 4.74 Å². The van der Waals surface area contributed by atoms with Crippen molar-refractivity contribution in [3.8, 4) is 5.75 Å². The second kappa shape index (κ2) is 10.4. The van der Waals surface area contributed by atoms with Crippen LogP contribution in [0.2, 0.25) is 0 Å². The number of carbonyl (C=O) groups is 1. The van der Waals surface area contributed by atoms with Crippen molar-refractivity contribution < 1.29 is 17.9 Å². The maximum atomic E-state index is 13.3. The summed E-state index contributed by atoms with van der Waals surface area (Å²) in [7, 11) is -2.27. The number of hydrogen-bond acceptors (Lipinski definition) is 4. The highest BCUT2D eigenvalue weighted by molar-refractivity contribution is 7.89. The molecule has 0 aromatic heterocycles. The molecule has 0 bridgehead atoms. The summed E-state index contributed by atoms with van der Waals surface area (Å²) in [6.07, 6.45) is 0. The molecule has 0 saturated carbocycles. The lowest BCUT2D eigenvalue weighted by molar-refractivity contribution is -0.121. The van der Waals surface area contributed by atoms with Gasteiger partial charge in [-0.2, -0.15) is 4.31 Å². The van der Waals surface area contributed by atoms with Gasteiger partial charge in [0.1, 0.15) is 5.75 Å². The standard InChI is InChI=1S/C25H28N2O4S/c1-19-7-13-24(14-8-19)32(29,30)27(17-22-6-4-5-20(2)15-22)18-25(28)26-16-21-9-11-23(31-3)12-10-21/h4-15H,16-18H2,1-3H3,(H,26,28). The second-order valence-electron chi connectivity index (χ2n) is 7.70. The number of ether oxygens (including phenoxy) is 1. The number of nitrogens with zero attached hydrogens (tertiary/aromatic N) is 1. The Morgan fingerprint density at radius 2 is 1.59 bits per heavy atom. The van der Waals surface area contributed by atoms with Crippen molar-refractivity contribution in [2.45, 2.75) is 31.8 Å². The van der Waals surface area contributed by atoms with Crippen LogP contribution in [0.3, 0.4) is 0 Å². The molecule has 0 fully saturated rings. The van der Waals surface area contributed by atoms with Crippen molar-refractivity contribution in [2.75, 3.05) is 13.7 Å². The number of hydrogen-bond donors (Lipinski definition) is 1. The average molecular weight is 453 g/mol. The predicted molar refractivity (Wildman–Crippen MR) is 125 cm³/mol. The van der Waals surface area contributed by atoms with E-state index >= 15 is 0 Å². The lowest BCUT2D eigenvalue weighted by atomic mass is 10.1. The predicted octanol–water partition coefficient (Wildman–Crippen LogP) is 3.82. The summed E-state index contributed by atoms with van der Waals surface area (Å²) in [4.78, 5) is 12.9. The van der Waals surface area contributed by atoms with Crippen molar-refractivity contribution in [1.29, 1.82) is 0 Å². The van der Waals surface area contributed by atoms with Crippen LogP contribution in [0.1, 0.15) is 22.3 Å². The van der Waals surface area contributed by atoms with Crippen LogP contribution in [0.15, 0.2) is 77.7 Å². The Kier molecular flexibility index (Phi) is 7.66. The molecule has 3 aromatic rings. The zero-order valence-electron chi connectivity index (χ0n) is 18.5. The summed E-state index contributed by atoms with van der Waals surface area (Å²) in [5.41, 5.74) is 3.71. The van der Waals surface area contributed by atoms with Gasteiger partial charge in [-0.1, -0.05) is 59.7 Å². The van der Waals surface area contributed by atoms with Gasteiger partial charge in [-0.15, -0.1) is 0 Å². The van der Waals surface area contributed by atoms with Crippen LogP contribution in [-0.2, 0) is 27.9 Å². The number of amides is 1. The molecule has 0 heterocycles. The number of carbonyl (C=O) groups excluding carboxylic acids is 1. The molecule has 168 valence electrons. The number of rotatable bonds is 9. The first kappa shape index (κ1) is 23.5. The zero-order chi connectivity index (χ0) is 23.1. The van der Waals surface area contributed by atoms with Gasteiger partial charge >= 0.3 is 0 Å². The first-order valence-electron chi connectivity index (χ1n) is 10.3. The van der Waals surface area contributed by atoms with Crippen molar-refractivity contribution in [3.63, 3.8) is 0 Å². The quantitative estimate of drug-likeness (QED) is 0.536. The first-order chi connectivity index (χ1) is 15.3. The molecule has 0 aliphatic rings. The SMILES string of the molecule is COc1ccc(CNC(=O)CN(Cc2cccc(C)c2)S(=O)(=O)c2ccc(C)cc2)cc1. The van der Waals surface area contributed by atoms with Crippen LogP contribution in [0.5, 0.6) is 5.75 Å². The minimum Gasteiger partial charge on any atom is -0.497 e. The average Bonchev–Trinajstić information content (AvgIpc) is 2.78. The molecule has 0 aliphatic heterocycles. The Morgan fingerprint density at radius 3 is 2.22 bits per heavy atom. The normalized spacial score (nSPS) is 11.4. The maximum Gasteiger partial charge on any atom is 0.243 e. The summed E-state index contributed by atoms with van der Waals surface area (Å²) >= 11 is 0. The molecule has 0 atom stereocenters. The molecule has 3 aromatic carbocycles. The van der Waals surface area contributed by atoms with Crippen LogP contribution < -0.4 is 10.1 Å². The van der Waals surface area contributed by atoms with Gasteiger partial charge in [0.05, 0.1) is 18.6 Å². The number of sulfonamides is 1. The van der Waals surface area contributed by atoms with Gasteiger partial charge in [0, 0.05) is 13.1 Å². The molecule has 0 saturated heterocycles. The van der Waals surface area contributed by atoms with Crippen LogP contribution in [0.4, 0.5) is 0 Å². The summed E-state index contributed by atoms with van der Waals surface area (Å²) in [5, 5.41) is 2.81. The molecular weight excluding hydrogens is 424 g/mol. The molecular formula is C25H28N2O4S. The molecule has 0 aliphatic carbocycles. The molecule has 1 amide bonds. The monoisotopic (exact) mass is 452 g/mol. The van der Waals surface area contributed by atoms with Crippen LogP contribution in [0.25, 0.3) is 0 Å². The zero-order valence-corrected chi connectivity index (χ0v) is 19.4. The van der Waals surface area contributed by atoms with E-state index in [0.29, 0.717) is 6.54 Å². The van der Waals surface area contributed by atoms with Gasteiger partial charge in [0.25, 0.3) is 0 Å². The molecule has 0 spiro atoms.